The zero-order valence-electron chi connectivity index (χ0n) is 14.1. The van der Waals surface area contributed by atoms with Gasteiger partial charge in [-0.2, -0.15) is 0 Å². The highest BCUT2D eigenvalue weighted by atomic mass is 16.6. The second-order valence-corrected chi connectivity index (χ2v) is 6.16. The predicted octanol–water partition coefficient (Wildman–Crippen LogP) is 2.11. The molecule has 6 nitrogen and oxygen atoms in total. The van der Waals surface area contributed by atoms with Crippen molar-refractivity contribution in [1.29, 1.82) is 0 Å². The van der Waals surface area contributed by atoms with Crippen molar-refractivity contribution < 1.29 is 24.1 Å². The van der Waals surface area contributed by atoms with Gasteiger partial charge >= 0.3 is 6.09 Å². The molecule has 0 aromatic heterocycles. The largest absolute Gasteiger partial charge is 0.444 e. The standard InChI is InChI=1S/C17H27NO5/c1-17(2,3)23-16(20)18-9-10-21-12-15(19)13-22-11-14-7-5-4-6-8-14/h4-8,15,19H,9-13H2,1-3H3,(H,18,20)/t15-/m1/s1. The molecule has 0 aliphatic carbocycles. The van der Waals surface area contributed by atoms with E-state index in [0.717, 1.165) is 5.56 Å². The van der Waals surface area contributed by atoms with E-state index in [1.807, 2.05) is 30.3 Å². The smallest absolute Gasteiger partial charge is 0.407 e. The number of rotatable bonds is 9. The molecule has 0 saturated heterocycles. The first-order valence-corrected chi connectivity index (χ1v) is 7.71. The first kappa shape index (κ1) is 19.4. The van der Waals surface area contributed by atoms with Gasteiger partial charge in [-0.25, -0.2) is 4.79 Å². The summed E-state index contributed by atoms with van der Waals surface area (Å²) in [6, 6.07) is 9.75. The normalized spacial score (nSPS) is 12.7. The molecule has 0 heterocycles. The lowest BCUT2D eigenvalue weighted by atomic mass is 10.2. The lowest BCUT2D eigenvalue weighted by Gasteiger charge is -2.19. The molecule has 0 saturated carbocycles. The molecule has 2 N–H and O–H groups in total. The molecule has 1 atom stereocenters. The third-order valence-electron chi connectivity index (χ3n) is 2.65. The summed E-state index contributed by atoms with van der Waals surface area (Å²) in [5.41, 5.74) is 0.541. The number of alkyl carbamates (subject to hydrolysis) is 1. The van der Waals surface area contributed by atoms with Gasteiger partial charge in [0.15, 0.2) is 0 Å². The molecule has 130 valence electrons. The molecule has 23 heavy (non-hydrogen) atoms. The average molecular weight is 325 g/mol. The van der Waals surface area contributed by atoms with Crippen LogP contribution in [-0.4, -0.2) is 49.3 Å². The van der Waals surface area contributed by atoms with Crippen molar-refractivity contribution in [2.75, 3.05) is 26.4 Å². The van der Waals surface area contributed by atoms with Crippen molar-refractivity contribution in [2.24, 2.45) is 0 Å². The fraction of sp³-hybridized carbons (Fsp3) is 0.588. The van der Waals surface area contributed by atoms with Gasteiger partial charge in [0.25, 0.3) is 0 Å². The third-order valence-corrected chi connectivity index (χ3v) is 2.65. The van der Waals surface area contributed by atoms with E-state index in [0.29, 0.717) is 19.8 Å². The number of hydrogen-bond acceptors (Lipinski definition) is 5. The molecule has 0 spiro atoms. The van der Waals surface area contributed by atoms with E-state index in [2.05, 4.69) is 5.32 Å². The van der Waals surface area contributed by atoms with Gasteiger partial charge < -0.3 is 24.6 Å². The number of ether oxygens (including phenoxy) is 3. The first-order valence-electron chi connectivity index (χ1n) is 7.71. The van der Waals surface area contributed by atoms with Gasteiger partial charge in [-0.1, -0.05) is 30.3 Å². The van der Waals surface area contributed by atoms with Crippen molar-refractivity contribution in [1.82, 2.24) is 5.32 Å². The van der Waals surface area contributed by atoms with Gasteiger partial charge in [0.05, 0.1) is 26.4 Å². The van der Waals surface area contributed by atoms with Gasteiger partial charge in [-0.15, -0.1) is 0 Å². The van der Waals surface area contributed by atoms with Crippen LogP contribution in [0.2, 0.25) is 0 Å². The van der Waals surface area contributed by atoms with Crippen LogP contribution < -0.4 is 5.32 Å². The van der Waals surface area contributed by atoms with Gasteiger partial charge in [0.1, 0.15) is 11.7 Å². The second-order valence-electron chi connectivity index (χ2n) is 6.16. The van der Waals surface area contributed by atoms with E-state index < -0.39 is 17.8 Å². The minimum atomic E-state index is -0.694. The SMILES string of the molecule is CC(C)(C)OC(=O)NCCOC[C@@H](O)COCc1ccccc1. The molecule has 0 aliphatic rings. The lowest BCUT2D eigenvalue weighted by Crippen LogP contribution is -2.34. The number of nitrogens with one attached hydrogen (secondary N) is 1. The zero-order chi connectivity index (χ0) is 17.1. The molecular weight excluding hydrogens is 298 g/mol. The van der Waals surface area contributed by atoms with E-state index in [1.165, 1.54) is 0 Å². The number of hydrogen-bond donors (Lipinski definition) is 2. The van der Waals surface area contributed by atoms with Gasteiger partial charge in [-0.05, 0) is 26.3 Å². The van der Waals surface area contributed by atoms with E-state index in [-0.39, 0.29) is 13.2 Å². The number of amides is 1. The molecule has 1 aromatic carbocycles. The second kappa shape index (κ2) is 10.2. The summed E-state index contributed by atoms with van der Waals surface area (Å²) in [6.07, 6.45) is -1.17. The average Bonchev–Trinajstić information content (AvgIpc) is 2.46. The van der Waals surface area contributed by atoms with Crippen molar-refractivity contribution in [3.05, 3.63) is 35.9 Å². The summed E-state index contributed by atoms with van der Waals surface area (Å²) < 4.78 is 15.8. The van der Waals surface area contributed by atoms with Crippen molar-refractivity contribution in [2.45, 2.75) is 39.1 Å². The van der Waals surface area contributed by atoms with Crippen LogP contribution >= 0.6 is 0 Å². The maximum atomic E-state index is 11.4. The molecule has 1 amide bonds. The Morgan fingerprint density at radius 3 is 2.48 bits per heavy atom. The van der Waals surface area contributed by atoms with Gasteiger partial charge in [-0.3, -0.25) is 0 Å². The summed E-state index contributed by atoms with van der Waals surface area (Å²) >= 11 is 0. The summed E-state index contributed by atoms with van der Waals surface area (Å²) in [4.78, 5) is 11.4. The van der Waals surface area contributed by atoms with E-state index in [9.17, 15) is 9.90 Å². The molecule has 6 heteroatoms. The van der Waals surface area contributed by atoms with Crippen LogP contribution in [0.25, 0.3) is 0 Å². The van der Waals surface area contributed by atoms with E-state index >= 15 is 0 Å². The van der Waals surface area contributed by atoms with Gasteiger partial charge in [0.2, 0.25) is 0 Å². The van der Waals surface area contributed by atoms with Crippen LogP contribution in [0, 0.1) is 0 Å². The Morgan fingerprint density at radius 2 is 1.83 bits per heavy atom. The molecule has 0 aliphatic heterocycles. The highest BCUT2D eigenvalue weighted by Crippen LogP contribution is 2.06. The molecular formula is C17H27NO5. The fourth-order valence-electron chi connectivity index (χ4n) is 1.69. The zero-order valence-corrected chi connectivity index (χ0v) is 14.1. The Balaban J connectivity index is 1.99. The third kappa shape index (κ3) is 10.7. The molecule has 0 bridgehead atoms. The van der Waals surface area contributed by atoms with Gasteiger partial charge in [0, 0.05) is 6.54 Å². The topological polar surface area (TPSA) is 77.0 Å². The number of aliphatic hydroxyl groups excluding tert-OH is 1. The highest BCUT2D eigenvalue weighted by Gasteiger charge is 2.15. The van der Waals surface area contributed by atoms with Crippen molar-refractivity contribution in [3.63, 3.8) is 0 Å². The minimum Gasteiger partial charge on any atom is -0.444 e. The maximum Gasteiger partial charge on any atom is 0.407 e. The van der Waals surface area contributed by atoms with E-state index in [1.54, 1.807) is 20.8 Å². The Kier molecular flexibility index (Phi) is 8.61. The van der Waals surface area contributed by atoms with Crippen LogP contribution in [0.5, 0.6) is 0 Å². The monoisotopic (exact) mass is 325 g/mol. The Bertz CT molecular complexity index is 444. The summed E-state index contributed by atoms with van der Waals surface area (Å²) in [5, 5.41) is 12.3. The Hall–Kier alpha value is -1.63. The molecule has 1 aromatic rings. The number of benzene rings is 1. The molecule has 1 rings (SSSR count). The van der Waals surface area contributed by atoms with Crippen molar-refractivity contribution in [3.8, 4) is 0 Å². The van der Waals surface area contributed by atoms with Crippen molar-refractivity contribution >= 4 is 6.09 Å². The maximum absolute atomic E-state index is 11.4. The van der Waals surface area contributed by atoms with Crippen LogP contribution in [-0.2, 0) is 20.8 Å². The number of aliphatic hydroxyl groups is 1. The quantitative estimate of drug-likeness (QED) is 0.680. The number of carbonyl (C=O) groups is 1. The molecule has 0 fully saturated rings. The van der Waals surface area contributed by atoms with Crippen LogP contribution in [0.15, 0.2) is 30.3 Å². The number of carbonyl (C=O) groups excluding carboxylic acids is 1. The first-order chi connectivity index (χ1) is 10.9. The summed E-state index contributed by atoms with van der Waals surface area (Å²) in [7, 11) is 0. The minimum absolute atomic E-state index is 0.158. The Labute approximate surface area is 137 Å². The van der Waals surface area contributed by atoms with Crippen LogP contribution in [0.1, 0.15) is 26.3 Å². The van der Waals surface area contributed by atoms with Crippen LogP contribution in [0.4, 0.5) is 4.79 Å². The predicted molar refractivity (Wildman–Crippen MR) is 87.2 cm³/mol. The summed E-state index contributed by atoms with van der Waals surface area (Å²) in [5.74, 6) is 0. The summed E-state index contributed by atoms with van der Waals surface area (Å²) in [6.45, 7) is 6.84. The molecule has 0 radical (unpaired) electrons. The highest BCUT2D eigenvalue weighted by molar-refractivity contribution is 5.67. The van der Waals surface area contributed by atoms with Crippen LogP contribution in [0.3, 0.4) is 0 Å². The lowest BCUT2D eigenvalue weighted by molar-refractivity contribution is -0.0229. The Morgan fingerprint density at radius 1 is 1.17 bits per heavy atom. The van der Waals surface area contributed by atoms with E-state index in [4.69, 9.17) is 14.2 Å². The fourth-order valence-corrected chi connectivity index (χ4v) is 1.69. The molecule has 0 unspecified atom stereocenters.